The van der Waals surface area contributed by atoms with Crippen molar-refractivity contribution >= 4 is 11.4 Å². The second kappa shape index (κ2) is 11.7. The highest BCUT2D eigenvalue weighted by Gasteiger charge is 2.13. The van der Waals surface area contributed by atoms with E-state index in [1.54, 1.807) is 6.92 Å². The first-order valence-corrected chi connectivity index (χ1v) is 9.05. The zero-order chi connectivity index (χ0) is 21.1. The highest BCUT2D eigenvalue weighted by molar-refractivity contribution is 6.02. The summed E-state index contributed by atoms with van der Waals surface area (Å²) in [7, 11) is 4.39. The van der Waals surface area contributed by atoms with Gasteiger partial charge in [0, 0.05) is 17.3 Å². The van der Waals surface area contributed by atoms with Crippen LogP contribution in [0.1, 0.15) is 36.5 Å². The Morgan fingerprint density at radius 3 is 2.48 bits per heavy atom. The van der Waals surface area contributed by atoms with Crippen molar-refractivity contribution in [1.29, 1.82) is 0 Å². The van der Waals surface area contributed by atoms with Crippen molar-refractivity contribution in [2.75, 3.05) is 27.9 Å². The van der Waals surface area contributed by atoms with Gasteiger partial charge in [0.1, 0.15) is 38.9 Å². The van der Waals surface area contributed by atoms with E-state index in [0.717, 1.165) is 23.2 Å². The SMILES string of the molecule is CCc1cc(OCc2ccccc2C(COOC)=NOC)nc(C(C)=NOC)n1. The van der Waals surface area contributed by atoms with Crippen LogP contribution in [0.15, 0.2) is 40.6 Å². The van der Waals surface area contributed by atoms with Crippen LogP contribution in [0, 0.1) is 0 Å². The molecule has 0 radical (unpaired) electrons. The van der Waals surface area contributed by atoms with Crippen LogP contribution in [-0.2, 0) is 32.5 Å². The average molecular weight is 402 g/mol. The van der Waals surface area contributed by atoms with Crippen molar-refractivity contribution in [3.8, 4) is 5.88 Å². The normalized spacial score (nSPS) is 12.0. The summed E-state index contributed by atoms with van der Waals surface area (Å²) in [5.74, 6) is 0.912. The van der Waals surface area contributed by atoms with Gasteiger partial charge < -0.3 is 14.4 Å². The maximum Gasteiger partial charge on any atom is 0.217 e. The molecular weight excluding hydrogens is 376 g/mol. The maximum absolute atomic E-state index is 5.96. The quantitative estimate of drug-likeness (QED) is 0.324. The molecule has 0 fully saturated rings. The molecule has 1 aromatic carbocycles. The fraction of sp³-hybridized carbons (Fsp3) is 0.400. The largest absolute Gasteiger partial charge is 0.473 e. The molecule has 1 heterocycles. The van der Waals surface area contributed by atoms with Crippen LogP contribution in [0.4, 0.5) is 0 Å². The first-order chi connectivity index (χ1) is 14.1. The molecule has 0 unspecified atom stereocenters. The topological polar surface area (TPSA) is 96.7 Å². The number of ether oxygens (including phenoxy) is 1. The van der Waals surface area contributed by atoms with Gasteiger partial charge >= 0.3 is 0 Å². The number of hydrogen-bond donors (Lipinski definition) is 0. The van der Waals surface area contributed by atoms with Crippen LogP contribution in [-0.4, -0.2) is 49.3 Å². The number of nitrogens with zero attached hydrogens (tertiary/aromatic N) is 4. The van der Waals surface area contributed by atoms with Gasteiger partial charge in [-0.25, -0.2) is 14.8 Å². The Morgan fingerprint density at radius 2 is 1.79 bits per heavy atom. The van der Waals surface area contributed by atoms with Gasteiger partial charge in [-0.05, 0) is 18.9 Å². The van der Waals surface area contributed by atoms with Gasteiger partial charge in [-0.2, -0.15) is 4.98 Å². The predicted molar refractivity (Wildman–Crippen MR) is 108 cm³/mol. The van der Waals surface area contributed by atoms with E-state index in [-0.39, 0.29) is 13.2 Å². The summed E-state index contributed by atoms with van der Waals surface area (Å²) < 4.78 is 5.96. The lowest BCUT2D eigenvalue weighted by molar-refractivity contribution is -0.259. The molecule has 0 spiro atoms. The van der Waals surface area contributed by atoms with Crippen molar-refractivity contribution < 1.29 is 24.2 Å². The maximum atomic E-state index is 5.96. The van der Waals surface area contributed by atoms with Gasteiger partial charge in [-0.15, -0.1) is 0 Å². The Kier molecular flexibility index (Phi) is 9.00. The van der Waals surface area contributed by atoms with E-state index < -0.39 is 0 Å². The molecule has 0 bridgehead atoms. The van der Waals surface area contributed by atoms with Gasteiger partial charge in [0.25, 0.3) is 0 Å². The van der Waals surface area contributed by atoms with Crippen molar-refractivity contribution in [1.82, 2.24) is 9.97 Å². The minimum absolute atomic E-state index is 0.131. The van der Waals surface area contributed by atoms with Gasteiger partial charge in [0.15, 0.2) is 5.82 Å². The van der Waals surface area contributed by atoms with Crippen molar-refractivity contribution in [2.45, 2.75) is 26.9 Å². The Hall–Kier alpha value is -3.04. The molecule has 29 heavy (non-hydrogen) atoms. The van der Waals surface area contributed by atoms with E-state index in [4.69, 9.17) is 19.3 Å². The summed E-state index contributed by atoms with van der Waals surface area (Å²) >= 11 is 0. The molecule has 156 valence electrons. The molecule has 0 saturated heterocycles. The van der Waals surface area contributed by atoms with Gasteiger partial charge in [-0.3, -0.25) is 0 Å². The summed E-state index contributed by atoms with van der Waals surface area (Å²) in [6, 6.07) is 9.48. The van der Waals surface area contributed by atoms with Crippen molar-refractivity contribution in [3.05, 3.63) is 53.0 Å². The fourth-order valence-electron chi connectivity index (χ4n) is 2.52. The molecule has 2 aromatic rings. The third-order valence-corrected chi connectivity index (χ3v) is 3.89. The molecule has 0 atom stereocenters. The number of benzene rings is 1. The first kappa shape index (κ1) is 22.3. The van der Waals surface area contributed by atoms with Crippen LogP contribution >= 0.6 is 0 Å². The average Bonchev–Trinajstić information content (AvgIpc) is 2.75. The number of aromatic nitrogens is 2. The monoisotopic (exact) mass is 402 g/mol. The third kappa shape index (κ3) is 6.51. The molecule has 0 amide bonds. The van der Waals surface area contributed by atoms with Crippen LogP contribution in [0.3, 0.4) is 0 Å². The zero-order valence-electron chi connectivity index (χ0n) is 17.3. The van der Waals surface area contributed by atoms with Gasteiger partial charge in [0.2, 0.25) is 5.88 Å². The standard InChI is InChI=1S/C20H26N4O5/c1-6-16-11-19(22-20(21-16)14(2)23-25-3)28-12-15-9-7-8-10-17(15)18(24-26-4)13-29-27-5/h7-11H,6,12-13H2,1-5H3. The molecule has 0 aliphatic rings. The lowest BCUT2D eigenvalue weighted by Gasteiger charge is -2.13. The van der Waals surface area contributed by atoms with E-state index in [0.29, 0.717) is 23.1 Å². The highest BCUT2D eigenvalue weighted by atomic mass is 17.2. The highest BCUT2D eigenvalue weighted by Crippen LogP contribution is 2.17. The van der Waals surface area contributed by atoms with Gasteiger partial charge in [0.05, 0.1) is 7.11 Å². The molecule has 2 rings (SSSR count). The van der Waals surface area contributed by atoms with Crippen LogP contribution in [0.2, 0.25) is 0 Å². The molecule has 0 N–H and O–H groups in total. The Bertz CT molecular complexity index is 855. The van der Waals surface area contributed by atoms with E-state index >= 15 is 0 Å². The third-order valence-electron chi connectivity index (χ3n) is 3.89. The molecule has 9 heteroatoms. The zero-order valence-corrected chi connectivity index (χ0v) is 17.3. The van der Waals surface area contributed by atoms with Crippen LogP contribution < -0.4 is 4.74 Å². The summed E-state index contributed by atoms with van der Waals surface area (Å²) in [6.45, 7) is 4.19. The minimum atomic E-state index is 0.131. The van der Waals surface area contributed by atoms with Crippen molar-refractivity contribution in [3.63, 3.8) is 0 Å². The fourth-order valence-corrected chi connectivity index (χ4v) is 2.52. The van der Waals surface area contributed by atoms with E-state index in [1.807, 2.05) is 37.3 Å². The lowest BCUT2D eigenvalue weighted by atomic mass is 10.0. The number of rotatable bonds is 11. The smallest absolute Gasteiger partial charge is 0.217 e. The Balaban J connectivity index is 2.27. The predicted octanol–water partition coefficient (Wildman–Crippen LogP) is 2.92. The van der Waals surface area contributed by atoms with E-state index in [9.17, 15) is 0 Å². The Labute approximate surface area is 170 Å². The Morgan fingerprint density at radius 1 is 1.03 bits per heavy atom. The number of oxime groups is 2. The molecule has 1 aromatic heterocycles. The second-order valence-electron chi connectivity index (χ2n) is 5.83. The molecule has 0 aliphatic heterocycles. The molecule has 9 nitrogen and oxygen atoms in total. The minimum Gasteiger partial charge on any atom is -0.473 e. The van der Waals surface area contributed by atoms with Crippen molar-refractivity contribution in [2.24, 2.45) is 10.3 Å². The first-order valence-electron chi connectivity index (χ1n) is 9.05. The number of aryl methyl sites for hydroxylation is 1. The summed E-state index contributed by atoms with van der Waals surface area (Å²) in [5.41, 5.74) is 3.71. The molecular formula is C20H26N4O5. The molecule has 0 saturated carbocycles. The summed E-state index contributed by atoms with van der Waals surface area (Å²) in [5, 5.41) is 7.93. The molecule has 0 aliphatic carbocycles. The lowest BCUT2D eigenvalue weighted by Crippen LogP contribution is -2.14. The summed E-state index contributed by atoms with van der Waals surface area (Å²) in [6.07, 6.45) is 0.738. The van der Waals surface area contributed by atoms with Crippen LogP contribution in [0.5, 0.6) is 5.88 Å². The number of hydrogen-bond acceptors (Lipinski definition) is 9. The summed E-state index contributed by atoms with van der Waals surface area (Å²) in [4.78, 5) is 28.3. The second-order valence-corrected chi connectivity index (χ2v) is 5.83. The van der Waals surface area contributed by atoms with Crippen LogP contribution in [0.25, 0.3) is 0 Å². The van der Waals surface area contributed by atoms with E-state index in [1.165, 1.54) is 21.3 Å². The van der Waals surface area contributed by atoms with Gasteiger partial charge in [-0.1, -0.05) is 41.5 Å². The van der Waals surface area contributed by atoms with E-state index in [2.05, 4.69) is 25.2 Å².